The third kappa shape index (κ3) is 3.15. The van der Waals surface area contributed by atoms with Gasteiger partial charge in [0.2, 0.25) is 0 Å². The number of rotatable bonds is 4. The lowest BCUT2D eigenvalue weighted by atomic mass is 9.88. The molecule has 3 N–H and O–H groups in total. The van der Waals surface area contributed by atoms with Crippen molar-refractivity contribution in [1.82, 2.24) is 10.6 Å². The SMILES string of the molecule is O=C(O)CC1(NCC(F)(F)F)CNC1. The van der Waals surface area contributed by atoms with Gasteiger partial charge in [-0.15, -0.1) is 0 Å². The number of carboxylic acids is 1. The number of nitrogens with one attached hydrogen (secondary N) is 2. The van der Waals surface area contributed by atoms with Gasteiger partial charge in [0, 0.05) is 13.1 Å². The molecule has 0 atom stereocenters. The van der Waals surface area contributed by atoms with E-state index in [1.165, 1.54) is 0 Å². The summed E-state index contributed by atoms with van der Waals surface area (Å²) in [7, 11) is 0. The van der Waals surface area contributed by atoms with Crippen molar-refractivity contribution in [3.63, 3.8) is 0 Å². The van der Waals surface area contributed by atoms with Crippen LogP contribution in [-0.4, -0.2) is 42.4 Å². The molecule has 0 aliphatic carbocycles. The molecule has 0 unspecified atom stereocenters. The van der Waals surface area contributed by atoms with Crippen molar-refractivity contribution in [3.05, 3.63) is 0 Å². The first-order valence-electron chi connectivity index (χ1n) is 4.07. The Kier molecular flexibility index (Phi) is 3.01. The summed E-state index contributed by atoms with van der Waals surface area (Å²) < 4.78 is 35.6. The average Bonchev–Trinajstić information content (AvgIpc) is 1.92. The van der Waals surface area contributed by atoms with E-state index in [0.29, 0.717) is 0 Å². The Balaban J connectivity index is 2.42. The second kappa shape index (κ2) is 3.74. The fourth-order valence-corrected chi connectivity index (χ4v) is 1.32. The fourth-order valence-electron chi connectivity index (χ4n) is 1.32. The van der Waals surface area contributed by atoms with Gasteiger partial charge in [0.25, 0.3) is 0 Å². The average molecular weight is 212 g/mol. The Bertz CT molecular complexity index is 225. The van der Waals surface area contributed by atoms with Crippen LogP contribution in [0.5, 0.6) is 0 Å². The molecule has 4 nitrogen and oxygen atoms in total. The highest BCUT2D eigenvalue weighted by molar-refractivity contribution is 5.68. The minimum atomic E-state index is -4.30. The van der Waals surface area contributed by atoms with Crippen molar-refractivity contribution in [2.45, 2.75) is 18.1 Å². The molecule has 0 bridgehead atoms. The molecule has 1 rings (SSSR count). The van der Waals surface area contributed by atoms with Crippen LogP contribution < -0.4 is 10.6 Å². The summed E-state index contributed by atoms with van der Waals surface area (Å²) in [6.07, 6.45) is -4.60. The molecular weight excluding hydrogens is 201 g/mol. The monoisotopic (exact) mass is 212 g/mol. The van der Waals surface area contributed by atoms with Gasteiger partial charge in [0.1, 0.15) is 0 Å². The highest BCUT2D eigenvalue weighted by Crippen LogP contribution is 2.19. The van der Waals surface area contributed by atoms with Gasteiger partial charge in [0.15, 0.2) is 0 Å². The molecular formula is C7H11F3N2O2. The van der Waals surface area contributed by atoms with Crippen LogP contribution in [0.1, 0.15) is 6.42 Å². The third-order valence-corrected chi connectivity index (χ3v) is 2.08. The minimum Gasteiger partial charge on any atom is -0.481 e. The number of aliphatic carboxylic acids is 1. The van der Waals surface area contributed by atoms with Gasteiger partial charge in [-0.1, -0.05) is 0 Å². The van der Waals surface area contributed by atoms with E-state index < -0.39 is 24.2 Å². The molecule has 0 amide bonds. The molecule has 1 aliphatic heterocycles. The first kappa shape index (κ1) is 11.3. The molecule has 1 fully saturated rings. The summed E-state index contributed by atoms with van der Waals surface area (Å²) >= 11 is 0. The predicted molar refractivity (Wildman–Crippen MR) is 41.9 cm³/mol. The van der Waals surface area contributed by atoms with E-state index in [0.717, 1.165) is 0 Å². The summed E-state index contributed by atoms with van der Waals surface area (Å²) in [5.41, 5.74) is -0.929. The van der Waals surface area contributed by atoms with Crippen LogP contribution in [0, 0.1) is 0 Å². The maximum absolute atomic E-state index is 11.9. The van der Waals surface area contributed by atoms with E-state index in [1.54, 1.807) is 0 Å². The van der Waals surface area contributed by atoms with Crippen molar-refractivity contribution in [1.29, 1.82) is 0 Å². The lowest BCUT2D eigenvalue weighted by Crippen LogP contribution is -2.69. The number of hydrogen-bond acceptors (Lipinski definition) is 3. The van der Waals surface area contributed by atoms with Gasteiger partial charge in [-0.05, 0) is 0 Å². The van der Waals surface area contributed by atoms with Crippen molar-refractivity contribution < 1.29 is 23.1 Å². The first-order chi connectivity index (χ1) is 6.33. The smallest absolute Gasteiger partial charge is 0.401 e. The van der Waals surface area contributed by atoms with Gasteiger partial charge >= 0.3 is 12.1 Å². The van der Waals surface area contributed by atoms with Crippen LogP contribution in [0.2, 0.25) is 0 Å². The van der Waals surface area contributed by atoms with E-state index >= 15 is 0 Å². The number of carboxylic acid groups (broad SMARTS) is 1. The van der Waals surface area contributed by atoms with E-state index in [2.05, 4.69) is 10.6 Å². The summed E-state index contributed by atoms with van der Waals surface area (Å²) in [4.78, 5) is 10.4. The van der Waals surface area contributed by atoms with Crippen LogP contribution >= 0.6 is 0 Å². The van der Waals surface area contributed by atoms with E-state index in [4.69, 9.17) is 5.11 Å². The van der Waals surface area contributed by atoms with Crippen molar-refractivity contribution in [2.75, 3.05) is 19.6 Å². The van der Waals surface area contributed by atoms with Crippen molar-refractivity contribution >= 4 is 5.97 Å². The third-order valence-electron chi connectivity index (χ3n) is 2.08. The zero-order chi connectivity index (χ0) is 10.8. The Hall–Kier alpha value is -0.820. The number of alkyl halides is 3. The zero-order valence-corrected chi connectivity index (χ0v) is 7.32. The molecule has 7 heteroatoms. The van der Waals surface area contributed by atoms with Crippen LogP contribution in [0.4, 0.5) is 13.2 Å². The van der Waals surface area contributed by atoms with E-state index in [1.807, 2.05) is 0 Å². The highest BCUT2D eigenvalue weighted by Gasteiger charge is 2.41. The Morgan fingerprint density at radius 2 is 2.07 bits per heavy atom. The molecule has 1 heterocycles. The maximum Gasteiger partial charge on any atom is 0.401 e. The molecule has 1 aliphatic rings. The Morgan fingerprint density at radius 1 is 1.50 bits per heavy atom. The van der Waals surface area contributed by atoms with Crippen LogP contribution in [-0.2, 0) is 4.79 Å². The minimum absolute atomic E-state index is 0.259. The number of halogens is 3. The molecule has 0 saturated carbocycles. The zero-order valence-electron chi connectivity index (χ0n) is 7.32. The summed E-state index contributed by atoms with van der Waals surface area (Å²) in [6, 6.07) is 0. The standard InChI is InChI=1S/C7H11F3N2O2/c8-7(9,10)4-12-6(1-5(13)14)2-11-3-6/h11-12H,1-4H2,(H,13,14). The van der Waals surface area contributed by atoms with Gasteiger partial charge in [-0.3, -0.25) is 4.79 Å². The summed E-state index contributed by atoms with van der Waals surface area (Å²) in [5, 5.41) is 13.5. The molecule has 1 saturated heterocycles. The van der Waals surface area contributed by atoms with Gasteiger partial charge in [0.05, 0.1) is 18.5 Å². The van der Waals surface area contributed by atoms with Gasteiger partial charge in [-0.2, -0.15) is 13.2 Å². The largest absolute Gasteiger partial charge is 0.481 e. The topological polar surface area (TPSA) is 61.4 Å². The first-order valence-corrected chi connectivity index (χ1v) is 4.07. The number of hydrogen-bond donors (Lipinski definition) is 3. The Morgan fingerprint density at radius 3 is 2.36 bits per heavy atom. The van der Waals surface area contributed by atoms with E-state index in [9.17, 15) is 18.0 Å². The number of carbonyl (C=O) groups is 1. The van der Waals surface area contributed by atoms with Gasteiger partial charge < -0.3 is 15.7 Å². The van der Waals surface area contributed by atoms with Crippen LogP contribution in [0.3, 0.4) is 0 Å². The predicted octanol–water partition coefficient (Wildman–Crippen LogP) is -0.0450. The lowest BCUT2D eigenvalue weighted by molar-refractivity contribution is -0.143. The summed E-state index contributed by atoms with van der Waals surface area (Å²) in [5.74, 6) is -1.10. The quantitative estimate of drug-likeness (QED) is 0.611. The van der Waals surface area contributed by atoms with Crippen molar-refractivity contribution in [3.8, 4) is 0 Å². The highest BCUT2D eigenvalue weighted by atomic mass is 19.4. The normalized spacial score (nSPS) is 20.2. The maximum atomic E-state index is 11.9. The molecule has 0 aromatic heterocycles. The Labute approximate surface area is 78.5 Å². The fraction of sp³-hybridized carbons (Fsp3) is 0.857. The van der Waals surface area contributed by atoms with Crippen molar-refractivity contribution in [2.24, 2.45) is 0 Å². The van der Waals surface area contributed by atoms with E-state index in [-0.39, 0.29) is 19.5 Å². The van der Waals surface area contributed by atoms with Crippen LogP contribution in [0.25, 0.3) is 0 Å². The molecule has 0 aromatic carbocycles. The molecule has 0 radical (unpaired) electrons. The summed E-state index contributed by atoms with van der Waals surface area (Å²) in [6.45, 7) is -0.632. The molecule has 14 heavy (non-hydrogen) atoms. The lowest BCUT2D eigenvalue weighted by Gasteiger charge is -2.42. The molecule has 0 aromatic rings. The molecule has 82 valence electrons. The second-order valence-electron chi connectivity index (χ2n) is 3.42. The second-order valence-corrected chi connectivity index (χ2v) is 3.42. The van der Waals surface area contributed by atoms with Gasteiger partial charge in [-0.25, -0.2) is 0 Å². The molecule has 0 spiro atoms. The van der Waals surface area contributed by atoms with Crippen LogP contribution in [0.15, 0.2) is 0 Å².